The lowest BCUT2D eigenvalue weighted by Crippen LogP contribution is -2.44. The summed E-state index contributed by atoms with van der Waals surface area (Å²) in [4.78, 5) is 24.7. The molecular weight excluding hydrogens is 246 g/mol. The third-order valence-corrected chi connectivity index (χ3v) is 3.48. The molecule has 5 heteroatoms. The van der Waals surface area contributed by atoms with Gasteiger partial charge in [0.05, 0.1) is 7.11 Å². The summed E-state index contributed by atoms with van der Waals surface area (Å²) < 4.78 is 4.76. The van der Waals surface area contributed by atoms with Crippen LogP contribution in [0, 0.1) is 0 Å². The van der Waals surface area contributed by atoms with Crippen LogP contribution in [-0.4, -0.2) is 41.1 Å². The van der Waals surface area contributed by atoms with Crippen LogP contribution in [0.2, 0.25) is 0 Å². The van der Waals surface area contributed by atoms with Crippen molar-refractivity contribution in [3.63, 3.8) is 0 Å². The molecule has 2 rings (SSSR count). The molecule has 5 nitrogen and oxygen atoms in total. The molecule has 0 amide bonds. The van der Waals surface area contributed by atoms with E-state index in [-0.39, 0.29) is 5.97 Å². The summed E-state index contributed by atoms with van der Waals surface area (Å²) in [6.45, 7) is 0.442. The van der Waals surface area contributed by atoms with Gasteiger partial charge in [-0.25, -0.2) is 0 Å². The van der Waals surface area contributed by atoms with Crippen LogP contribution in [0.4, 0.5) is 0 Å². The van der Waals surface area contributed by atoms with E-state index in [1.54, 1.807) is 4.90 Å². The number of esters is 1. The lowest BCUT2D eigenvalue weighted by atomic mass is 10.2. The summed E-state index contributed by atoms with van der Waals surface area (Å²) in [7, 11) is 1.33. The zero-order valence-corrected chi connectivity index (χ0v) is 10.8. The lowest BCUT2D eigenvalue weighted by Gasteiger charge is -2.26. The lowest BCUT2D eigenvalue weighted by molar-refractivity contribution is -0.149. The van der Waals surface area contributed by atoms with E-state index in [9.17, 15) is 14.7 Å². The quantitative estimate of drug-likeness (QED) is 0.829. The van der Waals surface area contributed by atoms with Crippen molar-refractivity contribution in [3.05, 3.63) is 35.9 Å². The fraction of sp³-hybridized carbons (Fsp3) is 0.429. The Morgan fingerprint density at radius 1 is 1.26 bits per heavy atom. The molecule has 0 aromatic heterocycles. The highest BCUT2D eigenvalue weighted by Crippen LogP contribution is 2.27. The smallest absolute Gasteiger partial charge is 0.323 e. The molecule has 1 saturated heterocycles. The maximum atomic E-state index is 11.7. The Labute approximate surface area is 111 Å². The van der Waals surface area contributed by atoms with Gasteiger partial charge in [0, 0.05) is 6.54 Å². The Bertz CT molecular complexity index is 460. The van der Waals surface area contributed by atoms with Gasteiger partial charge in [0.1, 0.15) is 12.1 Å². The van der Waals surface area contributed by atoms with E-state index in [0.717, 1.165) is 5.56 Å². The number of rotatable bonds is 4. The third-order valence-electron chi connectivity index (χ3n) is 3.48. The second-order valence-corrected chi connectivity index (χ2v) is 4.63. The average molecular weight is 263 g/mol. The van der Waals surface area contributed by atoms with Crippen LogP contribution in [0.3, 0.4) is 0 Å². The number of hydrogen-bond donors (Lipinski definition) is 1. The van der Waals surface area contributed by atoms with E-state index in [0.29, 0.717) is 19.4 Å². The van der Waals surface area contributed by atoms with Gasteiger partial charge in [0.15, 0.2) is 0 Å². The minimum Gasteiger partial charge on any atom is -0.480 e. The molecule has 102 valence electrons. The highest BCUT2D eigenvalue weighted by Gasteiger charge is 2.41. The number of hydrogen-bond acceptors (Lipinski definition) is 4. The second kappa shape index (κ2) is 5.84. The monoisotopic (exact) mass is 263 g/mol. The van der Waals surface area contributed by atoms with E-state index >= 15 is 0 Å². The van der Waals surface area contributed by atoms with Crippen molar-refractivity contribution < 1.29 is 19.4 Å². The second-order valence-electron chi connectivity index (χ2n) is 4.63. The Kier molecular flexibility index (Phi) is 4.16. The van der Waals surface area contributed by atoms with Crippen molar-refractivity contribution >= 4 is 11.9 Å². The number of ether oxygens (including phenoxy) is 1. The number of carbonyl (C=O) groups excluding carboxylic acids is 1. The predicted octanol–water partition coefficient (Wildman–Crippen LogP) is 1.28. The van der Waals surface area contributed by atoms with E-state index in [1.165, 1.54) is 7.11 Å². The SMILES string of the molecule is COC(=O)[C@@H]1CC[C@@H](C(=O)O)N1Cc1ccccc1. The molecule has 19 heavy (non-hydrogen) atoms. The highest BCUT2D eigenvalue weighted by atomic mass is 16.5. The number of nitrogens with zero attached hydrogens (tertiary/aromatic N) is 1. The fourth-order valence-corrected chi connectivity index (χ4v) is 2.53. The van der Waals surface area contributed by atoms with E-state index < -0.39 is 18.1 Å². The van der Waals surface area contributed by atoms with E-state index in [4.69, 9.17) is 4.74 Å². The van der Waals surface area contributed by atoms with Gasteiger partial charge in [-0.1, -0.05) is 30.3 Å². The van der Waals surface area contributed by atoms with Gasteiger partial charge in [-0.05, 0) is 18.4 Å². The number of benzene rings is 1. The summed E-state index contributed by atoms with van der Waals surface area (Å²) in [5.41, 5.74) is 0.990. The van der Waals surface area contributed by atoms with Crippen LogP contribution in [0.25, 0.3) is 0 Å². The van der Waals surface area contributed by atoms with Crippen molar-refractivity contribution in [3.8, 4) is 0 Å². The fourth-order valence-electron chi connectivity index (χ4n) is 2.53. The number of likely N-dealkylation sites (tertiary alicyclic amines) is 1. The first kappa shape index (κ1) is 13.5. The van der Waals surface area contributed by atoms with Gasteiger partial charge in [-0.15, -0.1) is 0 Å². The topological polar surface area (TPSA) is 66.8 Å². The standard InChI is InChI=1S/C14H17NO4/c1-19-14(18)12-8-7-11(13(16)17)15(12)9-10-5-3-2-4-6-10/h2-6,11-12H,7-9H2,1H3,(H,16,17)/t11-,12-/m0/s1. The van der Waals surface area contributed by atoms with Gasteiger partial charge in [-0.3, -0.25) is 14.5 Å². The molecule has 0 bridgehead atoms. The third kappa shape index (κ3) is 2.93. The molecule has 1 aliphatic rings. The van der Waals surface area contributed by atoms with Gasteiger partial charge in [0.2, 0.25) is 0 Å². The van der Waals surface area contributed by atoms with Gasteiger partial charge < -0.3 is 9.84 Å². The van der Waals surface area contributed by atoms with Crippen molar-refractivity contribution in [2.45, 2.75) is 31.5 Å². The predicted molar refractivity (Wildman–Crippen MR) is 68.4 cm³/mol. The van der Waals surface area contributed by atoms with Crippen LogP contribution in [0.15, 0.2) is 30.3 Å². The highest BCUT2D eigenvalue weighted by molar-refractivity contribution is 5.80. The molecular formula is C14H17NO4. The Hall–Kier alpha value is -1.88. The zero-order chi connectivity index (χ0) is 13.8. The molecule has 0 unspecified atom stereocenters. The van der Waals surface area contributed by atoms with Crippen molar-refractivity contribution in [2.24, 2.45) is 0 Å². The van der Waals surface area contributed by atoms with Crippen LogP contribution < -0.4 is 0 Å². The molecule has 1 aliphatic heterocycles. The van der Waals surface area contributed by atoms with E-state index in [2.05, 4.69) is 0 Å². The number of methoxy groups -OCH3 is 1. The number of carbonyl (C=O) groups is 2. The van der Waals surface area contributed by atoms with Gasteiger partial charge in [-0.2, -0.15) is 0 Å². The first-order valence-corrected chi connectivity index (χ1v) is 6.23. The summed E-state index contributed by atoms with van der Waals surface area (Å²) in [6, 6.07) is 8.45. The molecule has 1 aromatic rings. The Morgan fingerprint density at radius 3 is 2.47 bits per heavy atom. The Balaban J connectivity index is 2.19. The van der Waals surface area contributed by atoms with Crippen LogP contribution in [0.5, 0.6) is 0 Å². The van der Waals surface area contributed by atoms with E-state index in [1.807, 2.05) is 30.3 Å². The minimum absolute atomic E-state index is 0.361. The van der Waals surface area contributed by atoms with Crippen LogP contribution >= 0.6 is 0 Å². The molecule has 1 heterocycles. The van der Waals surface area contributed by atoms with Crippen LogP contribution in [-0.2, 0) is 20.9 Å². The molecule has 0 aliphatic carbocycles. The molecule has 1 N–H and O–H groups in total. The molecule has 0 saturated carbocycles. The van der Waals surface area contributed by atoms with Crippen LogP contribution in [0.1, 0.15) is 18.4 Å². The maximum Gasteiger partial charge on any atom is 0.323 e. The van der Waals surface area contributed by atoms with Crippen molar-refractivity contribution in [2.75, 3.05) is 7.11 Å². The maximum absolute atomic E-state index is 11.7. The Morgan fingerprint density at radius 2 is 1.89 bits per heavy atom. The first-order chi connectivity index (χ1) is 9.13. The molecule has 1 fully saturated rings. The summed E-state index contributed by atoms with van der Waals surface area (Å²) in [5.74, 6) is -1.25. The van der Waals surface area contributed by atoms with Gasteiger partial charge in [0.25, 0.3) is 0 Å². The zero-order valence-electron chi connectivity index (χ0n) is 10.8. The minimum atomic E-state index is -0.887. The average Bonchev–Trinajstić information content (AvgIpc) is 2.83. The normalized spacial score (nSPS) is 23.2. The molecule has 1 aromatic carbocycles. The summed E-state index contributed by atoms with van der Waals surface area (Å²) >= 11 is 0. The molecule has 0 spiro atoms. The van der Waals surface area contributed by atoms with Crippen molar-refractivity contribution in [1.82, 2.24) is 4.90 Å². The molecule has 2 atom stereocenters. The number of carboxylic acids is 1. The summed E-state index contributed by atoms with van der Waals surface area (Å²) in [6.07, 6.45) is 0.998. The van der Waals surface area contributed by atoms with Crippen molar-refractivity contribution in [1.29, 1.82) is 0 Å². The first-order valence-electron chi connectivity index (χ1n) is 6.23. The number of aliphatic carboxylic acids is 1. The molecule has 0 radical (unpaired) electrons. The summed E-state index contributed by atoms with van der Waals surface area (Å²) in [5, 5.41) is 9.24. The van der Waals surface area contributed by atoms with Gasteiger partial charge >= 0.3 is 11.9 Å². The number of carboxylic acid groups (broad SMARTS) is 1. The largest absolute Gasteiger partial charge is 0.480 e.